The van der Waals surface area contributed by atoms with Gasteiger partial charge in [-0.3, -0.25) is 4.90 Å². The molecular weight excluding hydrogens is 556 g/mol. The third-order valence-electron chi connectivity index (χ3n) is 8.65. The number of pyridine rings is 1. The van der Waals surface area contributed by atoms with Crippen molar-refractivity contribution in [3.05, 3.63) is 88.1 Å². The van der Waals surface area contributed by atoms with Crippen LogP contribution in [-0.2, 0) is 24.3 Å². The van der Waals surface area contributed by atoms with E-state index in [1.807, 2.05) is 51.1 Å². The number of para-hydroxylation sites is 1. The van der Waals surface area contributed by atoms with Gasteiger partial charge in [0.15, 0.2) is 5.82 Å². The van der Waals surface area contributed by atoms with Crippen molar-refractivity contribution in [2.45, 2.75) is 72.3 Å². The number of hydrogen-bond acceptors (Lipinski definition) is 7. The first-order chi connectivity index (χ1) is 21.3. The molecule has 1 N–H and O–H groups in total. The van der Waals surface area contributed by atoms with Gasteiger partial charge in [0.2, 0.25) is 5.88 Å². The highest BCUT2D eigenvalue weighted by atomic mass is 16.5. The Hall–Kier alpha value is -4.21. The van der Waals surface area contributed by atoms with E-state index in [9.17, 15) is 9.90 Å². The van der Waals surface area contributed by atoms with Gasteiger partial charge in [0.1, 0.15) is 17.9 Å². The molecule has 0 unspecified atom stereocenters. The molecule has 0 amide bonds. The van der Waals surface area contributed by atoms with E-state index in [0.29, 0.717) is 24.2 Å². The lowest BCUT2D eigenvalue weighted by Crippen LogP contribution is -2.42. The standard InChI is InChI=1S/C35H40N4O5/c1-22(2)44-34-30(35(40)41)19-36-39(34)32-10-6-9-31(37-32)29-8-5-7-23(3)33(29)43-21-26-12-11-25-20-38(16-13-28(25)24(26)4)27-14-17-42-18-15-27/h5-12,19,22,27H,13-18,20-21H2,1-4H3,(H,40,41). The van der Waals surface area contributed by atoms with Gasteiger partial charge in [-0.2, -0.15) is 9.78 Å². The zero-order valence-electron chi connectivity index (χ0n) is 25.9. The first-order valence-electron chi connectivity index (χ1n) is 15.4. The molecule has 0 bridgehead atoms. The molecule has 4 heterocycles. The van der Waals surface area contributed by atoms with Crippen LogP contribution >= 0.6 is 0 Å². The SMILES string of the molecule is Cc1cccc(-c2cccc(-n3ncc(C(=O)O)c3OC(C)C)n2)c1OCc1ccc2c(c1C)CCN(C1CCOCC1)C2. The van der Waals surface area contributed by atoms with Crippen molar-refractivity contribution in [2.75, 3.05) is 19.8 Å². The summed E-state index contributed by atoms with van der Waals surface area (Å²) in [6.07, 6.45) is 4.35. The fourth-order valence-corrected chi connectivity index (χ4v) is 6.30. The second-order valence-electron chi connectivity index (χ2n) is 11.9. The van der Waals surface area contributed by atoms with Crippen molar-refractivity contribution in [3.8, 4) is 28.7 Å². The Morgan fingerprint density at radius 2 is 1.89 bits per heavy atom. The molecule has 6 rings (SSSR count). The molecule has 44 heavy (non-hydrogen) atoms. The van der Waals surface area contributed by atoms with Gasteiger partial charge >= 0.3 is 5.97 Å². The minimum absolute atomic E-state index is 0.0119. The second kappa shape index (κ2) is 12.8. The Kier molecular flexibility index (Phi) is 8.68. The summed E-state index contributed by atoms with van der Waals surface area (Å²) in [6, 6.07) is 16.7. The third-order valence-corrected chi connectivity index (χ3v) is 8.65. The highest BCUT2D eigenvalue weighted by molar-refractivity contribution is 5.90. The molecule has 2 aliphatic rings. The molecule has 0 atom stereocenters. The predicted octanol–water partition coefficient (Wildman–Crippen LogP) is 6.15. The average Bonchev–Trinajstić information content (AvgIpc) is 3.44. The van der Waals surface area contributed by atoms with Crippen LogP contribution in [0.25, 0.3) is 17.1 Å². The molecule has 2 aromatic carbocycles. The van der Waals surface area contributed by atoms with Gasteiger partial charge in [0.25, 0.3) is 0 Å². The van der Waals surface area contributed by atoms with Crippen LogP contribution in [0.1, 0.15) is 64.9 Å². The summed E-state index contributed by atoms with van der Waals surface area (Å²) < 4.78 is 19.4. The molecule has 0 spiro atoms. The Labute approximate surface area is 258 Å². The number of carboxylic acids is 1. The summed E-state index contributed by atoms with van der Waals surface area (Å²) in [7, 11) is 0. The molecule has 9 nitrogen and oxygen atoms in total. The number of carboxylic acid groups (broad SMARTS) is 1. The van der Waals surface area contributed by atoms with Gasteiger partial charge in [0, 0.05) is 37.9 Å². The van der Waals surface area contributed by atoms with Crippen molar-refractivity contribution >= 4 is 5.97 Å². The summed E-state index contributed by atoms with van der Waals surface area (Å²) in [5.41, 5.74) is 7.92. The van der Waals surface area contributed by atoms with Crippen LogP contribution in [0.4, 0.5) is 0 Å². The largest absolute Gasteiger partial charge is 0.488 e. The molecule has 0 saturated carbocycles. The van der Waals surface area contributed by atoms with Gasteiger partial charge in [-0.1, -0.05) is 30.3 Å². The van der Waals surface area contributed by atoms with Crippen LogP contribution in [-0.4, -0.2) is 62.6 Å². The smallest absolute Gasteiger partial charge is 0.342 e. The molecular formula is C35H40N4O5. The fourth-order valence-electron chi connectivity index (χ4n) is 6.30. The van der Waals surface area contributed by atoms with Crippen LogP contribution in [0, 0.1) is 13.8 Å². The van der Waals surface area contributed by atoms with Gasteiger partial charge in [-0.15, -0.1) is 0 Å². The van der Waals surface area contributed by atoms with E-state index < -0.39 is 5.97 Å². The van der Waals surface area contributed by atoms with E-state index >= 15 is 0 Å². The Balaban J connectivity index is 1.25. The molecule has 1 saturated heterocycles. The molecule has 2 aromatic heterocycles. The van der Waals surface area contributed by atoms with Crippen molar-refractivity contribution in [2.24, 2.45) is 0 Å². The molecule has 0 aliphatic carbocycles. The number of aromatic nitrogens is 3. The van der Waals surface area contributed by atoms with Crippen molar-refractivity contribution in [1.29, 1.82) is 0 Å². The molecule has 9 heteroatoms. The van der Waals surface area contributed by atoms with Gasteiger partial charge in [-0.25, -0.2) is 9.78 Å². The first-order valence-corrected chi connectivity index (χ1v) is 15.4. The van der Waals surface area contributed by atoms with Crippen LogP contribution in [0.15, 0.2) is 54.7 Å². The monoisotopic (exact) mass is 596 g/mol. The number of aromatic carboxylic acids is 1. The van der Waals surface area contributed by atoms with E-state index in [0.717, 1.165) is 62.4 Å². The zero-order chi connectivity index (χ0) is 30.8. The summed E-state index contributed by atoms with van der Waals surface area (Å²) >= 11 is 0. The maximum absolute atomic E-state index is 11.8. The highest BCUT2D eigenvalue weighted by Gasteiger charge is 2.27. The summed E-state index contributed by atoms with van der Waals surface area (Å²) in [6.45, 7) is 12.2. The number of fused-ring (bicyclic) bond motifs is 1. The van der Waals surface area contributed by atoms with Gasteiger partial charge < -0.3 is 19.3 Å². The number of aryl methyl sites for hydroxylation is 1. The average molecular weight is 597 g/mol. The lowest BCUT2D eigenvalue weighted by Gasteiger charge is -2.38. The maximum atomic E-state index is 11.8. The van der Waals surface area contributed by atoms with Gasteiger partial charge in [0.05, 0.1) is 18.0 Å². The predicted molar refractivity (Wildman–Crippen MR) is 168 cm³/mol. The normalized spacial score (nSPS) is 15.8. The Bertz CT molecular complexity index is 1660. The van der Waals surface area contributed by atoms with Crippen LogP contribution < -0.4 is 9.47 Å². The second-order valence-corrected chi connectivity index (χ2v) is 11.9. The van der Waals surface area contributed by atoms with Crippen molar-refractivity contribution in [1.82, 2.24) is 19.7 Å². The highest BCUT2D eigenvalue weighted by Crippen LogP contribution is 2.35. The topological polar surface area (TPSA) is 98.9 Å². The number of benzene rings is 2. The van der Waals surface area contributed by atoms with Crippen LogP contribution in [0.5, 0.6) is 11.6 Å². The molecule has 1 fully saturated rings. The van der Waals surface area contributed by atoms with E-state index in [1.165, 1.54) is 33.1 Å². The number of rotatable bonds is 9. The Morgan fingerprint density at radius 1 is 1.09 bits per heavy atom. The summed E-state index contributed by atoms with van der Waals surface area (Å²) in [4.78, 5) is 19.3. The lowest BCUT2D eigenvalue weighted by molar-refractivity contribution is 0.0290. The van der Waals surface area contributed by atoms with Crippen LogP contribution in [0.3, 0.4) is 0 Å². The zero-order valence-corrected chi connectivity index (χ0v) is 25.9. The Morgan fingerprint density at radius 3 is 2.66 bits per heavy atom. The number of hydrogen-bond donors (Lipinski definition) is 1. The van der Waals surface area contributed by atoms with Gasteiger partial charge in [-0.05, 0) is 93.0 Å². The molecule has 2 aliphatic heterocycles. The number of carbonyl (C=O) groups is 1. The molecule has 230 valence electrons. The minimum atomic E-state index is -1.11. The fraction of sp³-hybridized carbons (Fsp3) is 0.400. The van der Waals surface area contributed by atoms with E-state index in [2.05, 4.69) is 29.1 Å². The van der Waals surface area contributed by atoms with E-state index in [4.69, 9.17) is 19.2 Å². The van der Waals surface area contributed by atoms with Crippen LogP contribution in [0.2, 0.25) is 0 Å². The molecule has 4 aromatic rings. The first kappa shape index (κ1) is 29.8. The third kappa shape index (κ3) is 6.07. The van der Waals surface area contributed by atoms with Crippen molar-refractivity contribution in [3.63, 3.8) is 0 Å². The molecule has 0 radical (unpaired) electrons. The van der Waals surface area contributed by atoms with E-state index in [-0.39, 0.29) is 17.5 Å². The summed E-state index contributed by atoms with van der Waals surface area (Å²) in [5.74, 6) is 0.270. The minimum Gasteiger partial charge on any atom is -0.488 e. The number of nitrogens with zero attached hydrogens (tertiary/aromatic N) is 4. The van der Waals surface area contributed by atoms with Crippen molar-refractivity contribution < 1.29 is 24.1 Å². The van der Waals surface area contributed by atoms with E-state index in [1.54, 1.807) is 6.07 Å². The maximum Gasteiger partial charge on any atom is 0.342 e. The quantitative estimate of drug-likeness (QED) is 0.246. The lowest BCUT2D eigenvalue weighted by atomic mass is 9.90. The number of ether oxygens (including phenoxy) is 3. The summed E-state index contributed by atoms with van der Waals surface area (Å²) in [5, 5.41) is 14.0.